The molecule has 1 aromatic heterocycles. The van der Waals surface area contributed by atoms with Crippen LogP contribution in [0.15, 0.2) is 52.1 Å². The summed E-state index contributed by atoms with van der Waals surface area (Å²) in [7, 11) is 1.63. The summed E-state index contributed by atoms with van der Waals surface area (Å²) in [5.41, 5.74) is 0.541. The number of benzene rings is 1. The SMILES string of the molecule is CN=C(NCc1ccco1)NC1CC1c1ccccc1OC(F)(F)F.I. The van der Waals surface area contributed by atoms with E-state index in [0.717, 1.165) is 5.76 Å². The number of hydrogen-bond donors (Lipinski definition) is 2. The van der Waals surface area contributed by atoms with Crippen LogP contribution in [0.2, 0.25) is 0 Å². The van der Waals surface area contributed by atoms with Crippen LogP contribution in [0.3, 0.4) is 0 Å². The van der Waals surface area contributed by atoms with Crippen molar-refractivity contribution in [3.63, 3.8) is 0 Å². The van der Waals surface area contributed by atoms with Crippen LogP contribution in [-0.4, -0.2) is 25.4 Å². The first kappa shape index (κ1) is 20.4. The first-order chi connectivity index (χ1) is 12.0. The van der Waals surface area contributed by atoms with Gasteiger partial charge in [0.25, 0.3) is 0 Å². The van der Waals surface area contributed by atoms with E-state index in [-0.39, 0.29) is 41.7 Å². The zero-order chi connectivity index (χ0) is 17.9. The predicted molar refractivity (Wildman–Crippen MR) is 102 cm³/mol. The van der Waals surface area contributed by atoms with Gasteiger partial charge in [-0.05, 0) is 30.2 Å². The molecule has 0 saturated heterocycles. The maximum atomic E-state index is 12.5. The Hall–Kier alpha value is -1.91. The molecule has 26 heavy (non-hydrogen) atoms. The average Bonchev–Trinajstić information content (AvgIpc) is 3.11. The summed E-state index contributed by atoms with van der Waals surface area (Å²) < 4.78 is 46.9. The van der Waals surface area contributed by atoms with E-state index in [0.29, 0.717) is 24.5 Å². The monoisotopic (exact) mass is 481 g/mol. The number of alkyl halides is 3. The minimum atomic E-state index is -4.70. The van der Waals surface area contributed by atoms with Crippen molar-refractivity contribution in [1.82, 2.24) is 10.6 Å². The minimum absolute atomic E-state index is 0. The molecule has 1 aliphatic carbocycles. The number of hydrogen-bond acceptors (Lipinski definition) is 3. The lowest BCUT2D eigenvalue weighted by atomic mass is 10.1. The molecule has 9 heteroatoms. The van der Waals surface area contributed by atoms with Crippen LogP contribution in [0.1, 0.15) is 23.7 Å². The van der Waals surface area contributed by atoms with Crippen molar-refractivity contribution in [1.29, 1.82) is 0 Å². The molecule has 2 N–H and O–H groups in total. The molecule has 1 aliphatic rings. The van der Waals surface area contributed by atoms with E-state index in [4.69, 9.17) is 4.42 Å². The second-order valence-electron chi connectivity index (χ2n) is 5.68. The molecule has 2 unspecified atom stereocenters. The molecule has 5 nitrogen and oxygen atoms in total. The van der Waals surface area contributed by atoms with Crippen molar-refractivity contribution in [3.8, 4) is 5.75 Å². The minimum Gasteiger partial charge on any atom is -0.467 e. The number of rotatable bonds is 5. The first-order valence-corrected chi connectivity index (χ1v) is 7.80. The molecular formula is C17H19F3IN3O2. The summed E-state index contributed by atoms with van der Waals surface area (Å²) in [4.78, 5) is 4.12. The Morgan fingerprint density at radius 1 is 1.27 bits per heavy atom. The van der Waals surface area contributed by atoms with E-state index in [2.05, 4.69) is 20.4 Å². The number of nitrogens with zero attached hydrogens (tertiary/aromatic N) is 1. The molecule has 1 heterocycles. The molecule has 2 aromatic rings. The highest BCUT2D eigenvalue weighted by molar-refractivity contribution is 14.0. The Balaban J connectivity index is 0.00000243. The Bertz CT molecular complexity index is 735. The molecule has 0 aliphatic heterocycles. The van der Waals surface area contributed by atoms with Gasteiger partial charge in [0.05, 0.1) is 12.8 Å². The maximum absolute atomic E-state index is 12.5. The van der Waals surface area contributed by atoms with Crippen molar-refractivity contribution in [2.75, 3.05) is 7.05 Å². The van der Waals surface area contributed by atoms with Gasteiger partial charge in [-0.2, -0.15) is 0 Å². The number of para-hydroxylation sites is 1. The Morgan fingerprint density at radius 2 is 2.04 bits per heavy atom. The zero-order valence-electron chi connectivity index (χ0n) is 13.9. The molecule has 0 amide bonds. The van der Waals surface area contributed by atoms with Crippen LogP contribution in [0.4, 0.5) is 13.2 Å². The number of ether oxygens (including phenoxy) is 1. The summed E-state index contributed by atoms with van der Waals surface area (Å²) in [6.45, 7) is 0.470. The standard InChI is InChI=1S/C17H18F3N3O2.HI/c1-21-16(22-10-11-5-4-8-24-11)23-14-9-13(14)12-6-2-3-7-15(12)25-17(18,19)20;/h2-8,13-14H,9-10H2,1H3,(H2,21,22,23);1H. The first-order valence-electron chi connectivity index (χ1n) is 7.80. The molecular weight excluding hydrogens is 462 g/mol. The van der Waals surface area contributed by atoms with Gasteiger partial charge in [0.15, 0.2) is 5.96 Å². The van der Waals surface area contributed by atoms with Crippen LogP contribution in [0.5, 0.6) is 5.75 Å². The van der Waals surface area contributed by atoms with Crippen molar-refractivity contribution in [2.45, 2.75) is 31.3 Å². The zero-order valence-corrected chi connectivity index (χ0v) is 16.2. The van der Waals surface area contributed by atoms with E-state index < -0.39 is 6.36 Å². The quantitative estimate of drug-likeness (QED) is 0.385. The number of aliphatic imine (C=N–C) groups is 1. The summed E-state index contributed by atoms with van der Waals surface area (Å²) in [5.74, 6) is 1.13. The fraction of sp³-hybridized carbons (Fsp3) is 0.353. The van der Waals surface area contributed by atoms with E-state index in [1.165, 1.54) is 12.1 Å². The highest BCUT2D eigenvalue weighted by atomic mass is 127. The highest BCUT2D eigenvalue weighted by Crippen LogP contribution is 2.45. The van der Waals surface area contributed by atoms with Crippen LogP contribution in [-0.2, 0) is 6.54 Å². The van der Waals surface area contributed by atoms with Crippen molar-refractivity contribution < 1.29 is 22.3 Å². The summed E-state index contributed by atoms with van der Waals surface area (Å²) in [6.07, 6.45) is -2.41. The molecule has 1 aromatic carbocycles. The van der Waals surface area contributed by atoms with Gasteiger partial charge < -0.3 is 19.8 Å². The van der Waals surface area contributed by atoms with Gasteiger partial charge in [0, 0.05) is 19.0 Å². The van der Waals surface area contributed by atoms with Gasteiger partial charge in [-0.3, -0.25) is 4.99 Å². The van der Waals surface area contributed by atoms with E-state index in [1.807, 2.05) is 6.07 Å². The lowest BCUT2D eigenvalue weighted by Gasteiger charge is -2.14. The van der Waals surface area contributed by atoms with Crippen molar-refractivity contribution in [2.24, 2.45) is 4.99 Å². The summed E-state index contributed by atoms with van der Waals surface area (Å²) in [5, 5.41) is 6.30. The third kappa shape index (κ3) is 5.55. The van der Waals surface area contributed by atoms with Crippen molar-refractivity contribution in [3.05, 3.63) is 54.0 Å². The van der Waals surface area contributed by atoms with Gasteiger partial charge >= 0.3 is 6.36 Å². The number of nitrogens with one attached hydrogen (secondary N) is 2. The highest BCUT2D eigenvalue weighted by Gasteiger charge is 2.42. The smallest absolute Gasteiger partial charge is 0.467 e. The lowest BCUT2D eigenvalue weighted by molar-refractivity contribution is -0.274. The van der Waals surface area contributed by atoms with Gasteiger partial charge in [0.1, 0.15) is 11.5 Å². The molecule has 0 bridgehead atoms. The molecule has 0 radical (unpaired) electrons. The maximum Gasteiger partial charge on any atom is 0.573 e. The van der Waals surface area contributed by atoms with Crippen LogP contribution < -0.4 is 15.4 Å². The number of guanidine groups is 1. The summed E-state index contributed by atoms with van der Waals surface area (Å²) in [6, 6.07) is 9.86. The van der Waals surface area contributed by atoms with Gasteiger partial charge in [0.2, 0.25) is 0 Å². The Kier molecular flexibility index (Phi) is 6.79. The Morgan fingerprint density at radius 3 is 2.69 bits per heavy atom. The predicted octanol–water partition coefficient (Wildman–Crippen LogP) is 4.02. The molecule has 142 valence electrons. The topological polar surface area (TPSA) is 58.8 Å². The molecule has 2 atom stereocenters. The van der Waals surface area contributed by atoms with Crippen LogP contribution in [0, 0.1) is 0 Å². The van der Waals surface area contributed by atoms with Crippen LogP contribution in [0.25, 0.3) is 0 Å². The average molecular weight is 481 g/mol. The fourth-order valence-corrected chi connectivity index (χ4v) is 2.66. The molecule has 3 rings (SSSR count). The molecule has 1 saturated carbocycles. The number of furan rings is 1. The van der Waals surface area contributed by atoms with E-state index >= 15 is 0 Å². The lowest BCUT2D eigenvalue weighted by Crippen LogP contribution is -2.38. The van der Waals surface area contributed by atoms with Gasteiger partial charge in [-0.25, -0.2) is 0 Å². The second kappa shape index (κ2) is 8.65. The van der Waals surface area contributed by atoms with Gasteiger partial charge in [-0.1, -0.05) is 18.2 Å². The molecule has 0 spiro atoms. The molecule has 1 fully saturated rings. The van der Waals surface area contributed by atoms with Crippen molar-refractivity contribution >= 4 is 29.9 Å². The fourth-order valence-electron chi connectivity index (χ4n) is 2.66. The number of halogens is 4. The normalized spacial score (nSPS) is 19.5. The largest absolute Gasteiger partial charge is 0.573 e. The Labute approximate surface area is 166 Å². The summed E-state index contributed by atoms with van der Waals surface area (Å²) >= 11 is 0. The van der Waals surface area contributed by atoms with E-state index in [9.17, 15) is 13.2 Å². The second-order valence-corrected chi connectivity index (χ2v) is 5.68. The van der Waals surface area contributed by atoms with Gasteiger partial charge in [-0.15, -0.1) is 37.1 Å². The third-order valence-electron chi connectivity index (χ3n) is 3.89. The van der Waals surface area contributed by atoms with Crippen LogP contribution >= 0.6 is 24.0 Å². The van der Waals surface area contributed by atoms with E-state index in [1.54, 1.807) is 31.5 Å². The third-order valence-corrected chi connectivity index (χ3v) is 3.89.